The van der Waals surface area contributed by atoms with Crippen molar-refractivity contribution >= 4 is 44.8 Å². The van der Waals surface area contributed by atoms with Gasteiger partial charge in [-0.1, -0.05) is 36.7 Å². The highest BCUT2D eigenvalue weighted by Gasteiger charge is 2.35. The number of hydrogen-bond donors (Lipinski definition) is 1. The number of nitro benzene ring substituents is 1. The first-order chi connectivity index (χ1) is 20.9. The molecule has 1 N–H and O–H groups in total. The monoisotopic (exact) mass is 646 g/mol. The molecule has 0 aromatic heterocycles. The minimum Gasteiger partial charge on any atom is -0.497 e. The molecule has 3 rings (SSSR count). The van der Waals surface area contributed by atoms with Gasteiger partial charge in [-0.15, -0.1) is 0 Å². The molecule has 3 aromatic carbocycles. The van der Waals surface area contributed by atoms with Crippen molar-refractivity contribution in [2.75, 3.05) is 31.6 Å². The number of halogens is 1. The van der Waals surface area contributed by atoms with Crippen molar-refractivity contribution in [2.24, 2.45) is 0 Å². The number of likely N-dealkylation sites (N-methyl/N-ethyl adjacent to an activating group) is 1. The standard InChI is InChI=1S/C30H35ClN4O8S/c1-6-25(30(37)32-7-2)33(18-21-9-8-10-23(15-21)42-4)29(36)19-34(27-16-22(31)12-14-28(27)43-5)44(40,41)24-13-11-20(3)26(17-24)35(38)39/h8-17,25H,6-7,18-19H2,1-5H3,(H,32,37)/t25-/m0/s1. The molecule has 0 aliphatic carbocycles. The summed E-state index contributed by atoms with van der Waals surface area (Å²) >= 11 is 6.26. The van der Waals surface area contributed by atoms with Crippen LogP contribution in [-0.4, -0.2) is 63.4 Å². The molecule has 0 heterocycles. The predicted octanol–water partition coefficient (Wildman–Crippen LogP) is 4.71. The van der Waals surface area contributed by atoms with Gasteiger partial charge in [-0.25, -0.2) is 8.42 Å². The number of amides is 2. The number of methoxy groups -OCH3 is 2. The molecule has 1 atom stereocenters. The van der Waals surface area contributed by atoms with E-state index in [-0.39, 0.29) is 35.0 Å². The number of carbonyl (C=O) groups is 2. The van der Waals surface area contributed by atoms with Crippen LogP contribution in [0, 0.1) is 17.0 Å². The number of benzene rings is 3. The Bertz CT molecular complexity index is 1630. The van der Waals surface area contributed by atoms with Gasteiger partial charge >= 0.3 is 0 Å². The second-order valence-electron chi connectivity index (χ2n) is 9.73. The molecule has 236 valence electrons. The van der Waals surface area contributed by atoms with E-state index in [0.29, 0.717) is 17.9 Å². The number of carbonyl (C=O) groups excluding carboxylic acids is 2. The number of hydrogen-bond acceptors (Lipinski definition) is 8. The van der Waals surface area contributed by atoms with Gasteiger partial charge < -0.3 is 19.7 Å². The van der Waals surface area contributed by atoms with E-state index in [1.807, 2.05) is 0 Å². The zero-order valence-corrected chi connectivity index (χ0v) is 26.6. The van der Waals surface area contributed by atoms with Crippen molar-refractivity contribution in [3.05, 3.63) is 86.9 Å². The highest BCUT2D eigenvalue weighted by atomic mass is 35.5. The highest BCUT2D eigenvalue weighted by Crippen LogP contribution is 2.36. The molecule has 0 bridgehead atoms. The average Bonchev–Trinajstić information content (AvgIpc) is 2.99. The molecule has 14 heteroatoms. The van der Waals surface area contributed by atoms with E-state index in [4.69, 9.17) is 21.1 Å². The third-order valence-corrected chi connectivity index (χ3v) is 8.87. The number of anilines is 1. The fraction of sp³-hybridized carbons (Fsp3) is 0.333. The fourth-order valence-corrected chi connectivity index (χ4v) is 6.23. The number of sulfonamides is 1. The molecule has 0 spiro atoms. The quantitative estimate of drug-likeness (QED) is 0.196. The van der Waals surface area contributed by atoms with Gasteiger partial charge in [-0.2, -0.15) is 0 Å². The maximum Gasteiger partial charge on any atom is 0.273 e. The van der Waals surface area contributed by atoms with Crippen LogP contribution < -0.4 is 19.1 Å². The van der Waals surface area contributed by atoms with Gasteiger partial charge in [0, 0.05) is 29.7 Å². The van der Waals surface area contributed by atoms with Crippen molar-refractivity contribution in [2.45, 2.75) is 44.7 Å². The molecule has 0 saturated carbocycles. The summed E-state index contributed by atoms with van der Waals surface area (Å²) in [5.41, 5.74) is 0.430. The Morgan fingerprint density at radius 3 is 2.39 bits per heavy atom. The third-order valence-electron chi connectivity index (χ3n) is 6.88. The van der Waals surface area contributed by atoms with Crippen LogP contribution in [0.2, 0.25) is 5.02 Å². The van der Waals surface area contributed by atoms with Crippen LogP contribution in [0.4, 0.5) is 11.4 Å². The number of nitrogens with one attached hydrogen (secondary N) is 1. The molecule has 0 saturated heterocycles. The molecule has 0 radical (unpaired) electrons. The second kappa shape index (κ2) is 14.9. The molecular formula is C30H35ClN4O8S. The minimum atomic E-state index is -4.63. The molecule has 0 aliphatic heterocycles. The largest absolute Gasteiger partial charge is 0.497 e. The summed E-state index contributed by atoms with van der Waals surface area (Å²) in [4.78, 5) is 39.2. The van der Waals surface area contributed by atoms with Crippen LogP contribution in [0.3, 0.4) is 0 Å². The summed E-state index contributed by atoms with van der Waals surface area (Å²) in [5.74, 6) is -0.495. The van der Waals surface area contributed by atoms with E-state index in [0.717, 1.165) is 10.4 Å². The zero-order chi connectivity index (χ0) is 32.6. The van der Waals surface area contributed by atoms with E-state index in [1.54, 1.807) is 38.1 Å². The van der Waals surface area contributed by atoms with Crippen molar-refractivity contribution < 1.29 is 32.4 Å². The molecule has 2 amide bonds. The van der Waals surface area contributed by atoms with Crippen LogP contribution in [0.5, 0.6) is 11.5 Å². The van der Waals surface area contributed by atoms with E-state index in [2.05, 4.69) is 5.32 Å². The van der Waals surface area contributed by atoms with Gasteiger partial charge in [0.1, 0.15) is 24.1 Å². The van der Waals surface area contributed by atoms with Crippen molar-refractivity contribution in [1.29, 1.82) is 0 Å². The van der Waals surface area contributed by atoms with Gasteiger partial charge in [0.05, 0.1) is 29.7 Å². The fourth-order valence-electron chi connectivity index (χ4n) is 4.62. The van der Waals surface area contributed by atoms with Crippen molar-refractivity contribution in [1.82, 2.24) is 10.2 Å². The van der Waals surface area contributed by atoms with E-state index in [9.17, 15) is 28.1 Å². The van der Waals surface area contributed by atoms with E-state index >= 15 is 0 Å². The van der Waals surface area contributed by atoms with E-state index in [1.165, 1.54) is 56.4 Å². The molecular weight excluding hydrogens is 612 g/mol. The maximum atomic E-state index is 14.2. The Labute approximate surface area is 261 Å². The SMILES string of the molecule is CCNC(=O)[C@H](CC)N(Cc1cccc(OC)c1)C(=O)CN(c1cc(Cl)ccc1OC)S(=O)(=O)c1ccc(C)c([N+](=O)[O-])c1. The summed E-state index contributed by atoms with van der Waals surface area (Å²) < 4.78 is 39.9. The van der Waals surface area contributed by atoms with E-state index < -0.39 is 49.9 Å². The Morgan fingerprint density at radius 2 is 1.77 bits per heavy atom. The molecule has 0 aliphatic rings. The number of nitro groups is 1. The summed E-state index contributed by atoms with van der Waals surface area (Å²) in [6.45, 7) is 4.48. The first kappa shape index (κ1) is 34.1. The zero-order valence-electron chi connectivity index (χ0n) is 25.1. The van der Waals surface area contributed by atoms with Gasteiger partial charge in [0.25, 0.3) is 15.7 Å². The Morgan fingerprint density at radius 1 is 1.05 bits per heavy atom. The summed E-state index contributed by atoms with van der Waals surface area (Å²) in [6, 6.07) is 13.7. The first-order valence-electron chi connectivity index (χ1n) is 13.7. The lowest BCUT2D eigenvalue weighted by Crippen LogP contribution is -2.52. The summed E-state index contributed by atoms with van der Waals surface area (Å²) in [6.07, 6.45) is 0.235. The Hall–Kier alpha value is -4.36. The van der Waals surface area contributed by atoms with Crippen LogP contribution in [0.15, 0.2) is 65.6 Å². The smallest absolute Gasteiger partial charge is 0.273 e. The van der Waals surface area contributed by atoms with Gasteiger partial charge in [-0.05, 0) is 62.2 Å². The third kappa shape index (κ3) is 7.77. The Kier molecular flexibility index (Phi) is 11.5. The molecule has 3 aromatic rings. The number of aryl methyl sites for hydroxylation is 1. The van der Waals surface area contributed by atoms with Gasteiger partial charge in [-0.3, -0.25) is 24.0 Å². The molecule has 44 heavy (non-hydrogen) atoms. The lowest BCUT2D eigenvalue weighted by Gasteiger charge is -2.33. The Balaban J connectivity index is 2.19. The second-order valence-corrected chi connectivity index (χ2v) is 12.0. The highest BCUT2D eigenvalue weighted by molar-refractivity contribution is 7.92. The van der Waals surface area contributed by atoms with Crippen molar-refractivity contribution in [3.8, 4) is 11.5 Å². The number of rotatable bonds is 14. The van der Waals surface area contributed by atoms with Crippen molar-refractivity contribution in [3.63, 3.8) is 0 Å². The number of nitrogens with zero attached hydrogens (tertiary/aromatic N) is 3. The van der Waals surface area contributed by atoms with Crippen LogP contribution in [-0.2, 0) is 26.2 Å². The molecule has 0 fully saturated rings. The summed E-state index contributed by atoms with van der Waals surface area (Å²) in [5, 5.41) is 14.5. The average molecular weight is 647 g/mol. The lowest BCUT2D eigenvalue weighted by molar-refractivity contribution is -0.385. The summed E-state index contributed by atoms with van der Waals surface area (Å²) in [7, 11) is -1.80. The minimum absolute atomic E-state index is 0.0394. The molecule has 0 unspecified atom stereocenters. The maximum absolute atomic E-state index is 14.2. The van der Waals surface area contributed by atoms with Crippen LogP contribution in [0.1, 0.15) is 31.4 Å². The normalized spacial score (nSPS) is 11.8. The van der Waals surface area contributed by atoms with Crippen LogP contribution in [0.25, 0.3) is 0 Å². The molecule has 12 nitrogen and oxygen atoms in total. The topological polar surface area (TPSA) is 148 Å². The van der Waals surface area contributed by atoms with Gasteiger partial charge in [0.2, 0.25) is 11.8 Å². The van der Waals surface area contributed by atoms with Gasteiger partial charge in [0.15, 0.2) is 0 Å². The predicted molar refractivity (Wildman–Crippen MR) is 167 cm³/mol. The first-order valence-corrected chi connectivity index (χ1v) is 15.5. The number of ether oxygens (including phenoxy) is 2. The lowest BCUT2D eigenvalue weighted by atomic mass is 10.1. The van der Waals surface area contributed by atoms with Crippen LogP contribution >= 0.6 is 11.6 Å².